The van der Waals surface area contributed by atoms with E-state index in [4.69, 9.17) is 9.47 Å². The van der Waals surface area contributed by atoms with E-state index in [0.717, 1.165) is 25.8 Å². The SMILES string of the molecule is COc1ccc(C(F)C2CCCCN2)c(OC)c1Br. The normalized spacial score (nSPS) is 20.9. The molecule has 0 spiro atoms. The fraction of sp³-hybridized carbons (Fsp3) is 0.571. The Balaban J connectivity index is 2.30. The second kappa shape index (κ2) is 6.57. The number of piperidine rings is 1. The third kappa shape index (κ3) is 3.03. The molecule has 1 saturated heterocycles. The van der Waals surface area contributed by atoms with Crippen LogP contribution in [0.15, 0.2) is 16.6 Å². The summed E-state index contributed by atoms with van der Waals surface area (Å²) in [6, 6.07) is 3.36. The summed E-state index contributed by atoms with van der Waals surface area (Å²) in [5.41, 5.74) is 0.564. The number of hydrogen-bond donors (Lipinski definition) is 1. The van der Waals surface area contributed by atoms with Crippen LogP contribution in [0.1, 0.15) is 31.0 Å². The highest BCUT2D eigenvalue weighted by molar-refractivity contribution is 9.10. The molecule has 0 bridgehead atoms. The standard InChI is InChI=1S/C14H19BrFNO2/c1-18-11-7-6-9(14(19-2)12(11)15)13(16)10-5-3-4-8-17-10/h6-7,10,13,17H,3-5,8H2,1-2H3. The third-order valence-corrected chi connectivity index (χ3v) is 4.27. The van der Waals surface area contributed by atoms with Crippen LogP contribution in [-0.4, -0.2) is 26.8 Å². The van der Waals surface area contributed by atoms with Gasteiger partial charge < -0.3 is 14.8 Å². The van der Waals surface area contributed by atoms with Crippen LogP contribution >= 0.6 is 15.9 Å². The van der Waals surface area contributed by atoms with Gasteiger partial charge in [0.05, 0.1) is 14.2 Å². The summed E-state index contributed by atoms with van der Waals surface area (Å²) in [5, 5.41) is 3.24. The molecule has 106 valence electrons. The summed E-state index contributed by atoms with van der Waals surface area (Å²) in [7, 11) is 3.12. The summed E-state index contributed by atoms with van der Waals surface area (Å²) >= 11 is 3.41. The van der Waals surface area contributed by atoms with E-state index in [2.05, 4.69) is 21.2 Å². The molecule has 0 aliphatic carbocycles. The summed E-state index contributed by atoms with van der Waals surface area (Å²) in [4.78, 5) is 0. The van der Waals surface area contributed by atoms with Crippen molar-refractivity contribution in [3.63, 3.8) is 0 Å². The molecule has 0 saturated carbocycles. The van der Waals surface area contributed by atoms with Crippen molar-refractivity contribution in [3.05, 3.63) is 22.2 Å². The minimum absolute atomic E-state index is 0.136. The molecule has 3 nitrogen and oxygen atoms in total. The number of nitrogens with one attached hydrogen (secondary N) is 1. The van der Waals surface area contributed by atoms with Crippen molar-refractivity contribution >= 4 is 15.9 Å². The lowest BCUT2D eigenvalue weighted by Crippen LogP contribution is -2.37. The molecule has 1 aliphatic rings. The first kappa shape index (κ1) is 14.6. The van der Waals surface area contributed by atoms with E-state index in [1.807, 2.05) is 0 Å². The van der Waals surface area contributed by atoms with Gasteiger partial charge in [-0.05, 0) is 47.4 Å². The van der Waals surface area contributed by atoms with Crippen LogP contribution in [0.3, 0.4) is 0 Å². The first-order valence-electron chi connectivity index (χ1n) is 6.47. The van der Waals surface area contributed by atoms with E-state index in [1.54, 1.807) is 26.4 Å². The lowest BCUT2D eigenvalue weighted by atomic mass is 9.95. The molecule has 2 rings (SSSR count). The van der Waals surface area contributed by atoms with Crippen LogP contribution in [0.25, 0.3) is 0 Å². The topological polar surface area (TPSA) is 30.5 Å². The summed E-state index contributed by atoms with van der Waals surface area (Å²) < 4.78 is 25.9. The number of halogens is 2. The van der Waals surface area contributed by atoms with Gasteiger partial charge in [0.15, 0.2) is 0 Å². The van der Waals surface area contributed by atoms with Crippen LogP contribution in [0.2, 0.25) is 0 Å². The molecule has 1 N–H and O–H groups in total. The van der Waals surface area contributed by atoms with Gasteiger partial charge >= 0.3 is 0 Å². The number of alkyl halides is 1. The molecule has 0 radical (unpaired) electrons. The Morgan fingerprint density at radius 3 is 2.68 bits per heavy atom. The van der Waals surface area contributed by atoms with Crippen molar-refractivity contribution < 1.29 is 13.9 Å². The second-order valence-corrected chi connectivity index (χ2v) is 5.46. The Hall–Kier alpha value is -0.810. The fourth-order valence-corrected chi connectivity index (χ4v) is 3.17. The van der Waals surface area contributed by atoms with Crippen molar-refractivity contribution in [1.82, 2.24) is 5.32 Å². The van der Waals surface area contributed by atoms with Crippen LogP contribution < -0.4 is 14.8 Å². The molecule has 2 atom stereocenters. The zero-order valence-corrected chi connectivity index (χ0v) is 12.8. The monoisotopic (exact) mass is 331 g/mol. The van der Waals surface area contributed by atoms with Gasteiger partial charge in [-0.25, -0.2) is 4.39 Å². The molecular formula is C14H19BrFNO2. The van der Waals surface area contributed by atoms with Crippen LogP contribution in [0.5, 0.6) is 11.5 Å². The Kier molecular flexibility index (Phi) is 5.05. The van der Waals surface area contributed by atoms with Crippen molar-refractivity contribution in [2.45, 2.75) is 31.5 Å². The van der Waals surface area contributed by atoms with Crippen LogP contribution in [0, 0.1) is 0 Å². The van der Waals surface area contributed by atoms with E-state index in [1.165, 1.54) is 0 Å². The molecule has 1 heterocycles. The van der Waals surface area contributed by atoms with Gasteiger partial charge in [-0.2, -0.15) is 0 Å². The van der Waals surface area contributed by atoms with Gasteiger partial charge in [0.25, 0.3) is 0 Å². The van der Waals surface area contributed by atoms with Crippen molar-refractivity contribution in [2.24, 2.45) is 0 Å². The highest BCUT2D eigenvalue weighted by Gasteiger charge is 2.28. The average Bonchev–Trinajstić information content (AvgIpc) is 2.47. The Bertz CT molecular complexity index is 436. The van der Waals surface area contributed by atoms with Crippen molar-refractivity contribution in [1.29, 1.82) is 0 Å². The minimum atomic E-state index is -1.07. The van der Waals surface area contributed by atoms with Gasteiger partial charge in [-0.1, -0.05) is 6.42 Å². The average molecular weight is 332 g/mol. The third-order valence-electron chi connectivity index (χ3n) is 3.51. The quantitative estimate of drug-likeness (QED) is 0.914. The molecule has 0 amide bonds. The van der Waals surface area contributed by atoms with E-state index in [0.29, 0.717) is 21.5 Å². The van der Waals surface area contributed by atoms with E-state index in [-0.39, 0.29) is 6.04 Å². The molecule has 1 aromatic carbocycles. The number of ether oxygens (including phenoxy) is 2. The second-order valence-electron chi connectivity index (χ2n) is 4.66. The van der Waals surface area contributed by atoms with Gasteiger partial charge in [0.2, 0.25) is 0 Å². The highest BCUT2D eigenvalue weighted by atomic mass is 79.9. The molecule has 1 aliphatic heterocycles. The van der Waals surface area contributed by atoms with E-state index >= 15 is 0 Å². The largest absolute Gasteiger partial charge is 0.495 e. The zero-order valence-electron chi connectivity index (χ0n) is 11.2. The van der Waals surface area contributed by atoms with Gasteiger partial charge in [-0.15, -0.1) is 0 Å². The molecule has 2 unspecified atom stereocenters. The maximum atomic E-state index is 14.7. The molecule has 19 heavy (non-hydrogen) atoms. The van der Waals surface area contributed by atoms with Crippen LogP contribution in [0.4, 0.5) is 4.39 Å². The summed E-state index contributed by atoms with van der Waals surface area (Å²) in [6.45, 7) is 0.880. The maximum absolute atomic E-state index is 14.7. The number of rotatable bonds is 4. The molecule has 1 fully saturated rings. The van der Waals surface area contributed by atoms with E-state index < -0.39 is 6.17 Å². The van der Waals surface area contributed by atoms with E-state index in [9.17, 15) is 4.39 Å². The highest BCUT2D eigenvalue weighted by Crippen LogP contribution is 2.42. The lowest BCUT2D eigenvalue weighted by Gasteiger charge is -2.28. The summed E-state index contributed by atoms with van der Waals surface area (Å²) in [6.07, 6.45) is 1.97. The van der Waals surface area contributed by atoms with Crippen LogP contribution in [-0.2, 0) is 0 Å². The minimum Gasteiger partial charge on any atom is -0.495 e. The molecule has 1 aromatic rings. The predicted molar refractivity (Wildman–Crippen MR) is 76.7 cm³/mol. The van der Waals surface area contributed by atoms with Crippen molar-refractivity contribution in [3.8, 4) is 11.5 Å². The Morgan fingerprint density at radius 2 is 2.11 bits per heavy atom. The zero-order chi connectivity index (χ0) is 13.8. The predicted octanol–water partition coefficient (Wildman–Crippen LogP) is 3.62. The Labute approximate surface area is 121 Å². The number of methoxy groups -OCH3 is 2. The molecule has 0 aromatic heterocycles. The van der Waals surface area contributed by atoms with Crippen molar-refractivity contribution in [2.75, 3.05) is 20.8 Å². The van der Waals surface area contributed by atoms with Gasteiger partial charge in [0, 0.05) is 11.6 Å². The van der Waals surface area contributed by atoms with Gasteiger partial charge in [-0.3, -0.25) is 0 Å². The lowest BCUT2D eigenvalue weighted by molar-refractivity contribution is 0.215. The Morgan fingerprint density at radius 1 is 1.32 bits per heavy atom. The fourth-order valence-electron chi connectivity index (χ4n) is 2.48. The molecule has 5 heteroatoms. The number of hydrogen-bond acceptors (Lipinski definition) is 3. The molecular weight excluding hydrogens is 313 g/mol. The summed E-state index contributed by atoms with van der Waals surface area (Å²) in [5.74, 6) is 1.16. The number of benzene rings is 1. The maximum Gasteiger partial charge on any atom is 0.144 e. The first-order chi connectivity index (χ1) is 9.19. The smallest absolute Gasteiger partial charge is 0.144 e. The van der Waals surface area contributed by atoms with Gasteiger partial charge in [0.1, 0.15) is 22.1 Å². The first-order valence-corrected chi connectivity index (χ1v) is 7.26.